The molecule has 51 heavy (non-hydrogen) atoms. The molecular formula is C49H36N2. The molecule has 242 valence electrons. The van der Waals surface area contributed by atoms with E-state index in [0.29, 0.717) is 0 Å². The second-order valence-corrected chi connectivity index (χ2v) is 14.2. The second kappa shape index (κ2) is 11.3. The maximum Gasteiger partial charge on any atom is 0.0549 e. The zero-order valence-electron chi connectivity index (χ0n) is 28.7. The average Bonchev–Trinajstić information content (AvgIpc) is 3.64. The predicted molar refractivity (Wildman–Crippen MR) is 216 cm³/mol. The molecule has 2 nitrogen and oxygen atoms in total. The van der Waals surface area contributed by atoms with Crippen LogP contribution in [0.3, 0.4) is 0 Å². The Kier molecular flexibility index (Phi) is 6.56. The van der Waals surface area contributed by atoms with Gasteiger partial charge in [-0.25, -0.2) is 0 Å². The molecule has 10 rings (SSSR count). The summed E-state index contributed by atoms with van der Waals surface area (Å²) in [5.41, 5.74) is 14.7. The van der Waals surface area contributed by atoms with Crippen LogP contribution in [0.1, 0.15) is 25.0 Å². The van der Waals surface area contributed by atoms with Crippen LogP contribution in [0.15, 0.2) is 182 Å². The summed E-state index contributed by atoms with van der Waals surface area (Å²) < 4.78 is 2.39. The number of fused-ring (bicyclic) bond motifs is 7. The van der Waals surface area contributed by atoms with E-state index in [4.69, 9.17) is 0 Å². The predicted octanol–water partition coefficient (Wildman–Crippen LogP) is 13.4. The highest BCUT2D eigenvalue weighted by Crippen LogP contribution is 2.56. The van der Waals surface area contributed by atoms with Crippen molar-refractivity contribution in [2.75, 3.05) is 4.90 Å². The summed E-state index contributed by atoms with van der Waals surface area (Å²) in [6.07, 6.45) is 0. The topological polar surface area (TPSA) is 8.17 Å². The van der Waals surface area contributed by atoms with Crippen LogP contribution in [-0.2, 0) is 5.41 Å². The largest absolute Gasteiger partial charge is 0.309 e. The number of rotatable bonds is 5. The van der Waals surface area contributed by atoms with E-state index in [1.54, 1.807) is 0 Å². The fraction of sp³-hybridized carbons (Fsp3) is 0.0612. The molecule has 1 aliphatic carbocycles. The summed E-state index contributed by atoms with van der Waals surface area (Å²) in [5.74, 6) is 0. The first-order chi connectivity index (χ1) is 25.1. The minimum atomic E-state index is -0.175. The molecule has 0 atom stereocenters. The van der Waals surface area contributed by atoms with Crippen LogP contribution in [0.5, 0.6) is 0 Å². The zero-order valence-corrected chi connectivity index (χ0v) is 28.7. The van der Waals surface area contributed by atoms with Gasteiger partial charge in [-0.1, -0.05) is 135 Å². The van der Waals surface area contributed by atoms with Gasteiger partial charge in [0.1, 0.15) is 0 Å². The van der Waals surface area contributed by atoms with Gasteiger partial charge in [0, 0.05) is 38.5 Å². The third-order valence-electron chi connectivity index (χ3n) is 10.9. The maximum absolute atomic E-state index is 2.49. The molecule has 1 heterocycles. The Morgan fingerprint density at radius 1 is 0.451 bits per heavy atom. The molecule has 0 amide bonds. The normalized spacial score (nSPS) is 13.1. The highest BCUT2D eigenvalue weighted by atomic mass is 15.1. The summed E-state index contributed by atoms with van der Waals surface area (Å²) >= 11 is 0. The number of benzene rings is 8. The molecule has 0 aliphatic heterocycles. The zero-order chi connectivity index (χ0) is 34.1. The van der Waals surface area contributed by atoms with Crippen LogP contribution in [0.4, 0.5) is 17.1 Å². The Labute approximate surface area is 298 Å². The highest BCUT2D eigenvalue weighted by molar-refractivity contribution is 6.11. The summed E-state index contributed by atoms with van der Waals surface area (Å²) in [7, 11) is 0. The molecule has 0 saturated heterocycles. The molecule has 0 radical (unpaired) electrons. The minimum Gasteiger partial charge on any atom is -0.309 e. The van der Waals surface area contributed by atoms with Crippen LogP contribution in [0.25, 0.3) is 60.5 Å². The third-order valence-corrected chi connectivity index (χ3v) is 10.9. The Balaban J connectivity index is 1.28. The number of hydrogen-bond donors (Lipinski definition) is 0. The third kappa shape index (κ3) is 4.50. The molecular weight excluding hydrogens is 617 g/mol. The van der Waals surface area contributed by atoms with E-state index < -0.39 is 0 Å². The average molecular weight is 653 g/mol. The lowest BCUT2D eigenvalue weighted by molar-refractivity contribution is 0.660. The standard InChI is InChI=1S/C49H36N2/c1-49(2)42-25-13-11-24-40(42)48-43(49)31-35(32-47(48)51(37-20-7-4-8-21-37)44-27-15-17-33-16-9-10-22-38(33)44)34-28-29-46-41(30-34)39-23-12-14-26-45(39)50(46)36-18-5-3-6-19-36/h3-32H,1-2H3. The quantitative estimate of drug-likeness (QED) is 0.180. The van der Waals surface area contributed by atoms with Crippen LogP contribution in [0, 0.1) is 0 Å². The fourth-order valence-electron chi connectivity index (χ4n) is 8.53. The summed E-state index contributed by atoms with van der Waals surface area (Å²) in [4.78, 5) is 2.49. The van der Waals surface area contributed by atoms with E-state index in [1.165, 1.54) is 83.0 Å². The van der Waals surface area contributed by atoms with Gasteiger partial charge in [0.05, 0.1) is 22.4 Å². The van der Waals surface area contributed by atoms with Crippen LogP contribution in [0.2, 0.25) is 0 Å². The smallest absolute Gasteiger partial charge is 0.0549 e. The van der Waals surface area contributed by atoms with Crippen molar-refractivity contribution in [2.45, 2.75) is 19.3 Å². The van der Waals surface area contributed by atoms with Crippen molar-refractivity contribution in [2.24, 2.45) is 0 Å². The molecule has 1 aromatic heterocycles. The summed E-state index contributed by atoms with van der Waals surface area (Å²) in [6, 6.07) is 66.6. The van der Waals surface area contributed by atoms with E-state index in [2.05, 4.69) is 205 Å². The molecule has 0 bridgehead atoms. The van der Waals surface area contributed by atoms with Gasteiger partial charge in [-0.2, -0.15) is 0 Å². The van der Waals surface area contributed by atoms with Crippen molar-refractivity contribution in [3.8, 4) is 27.9 Å². The van der Waals surface area contributed by atoms with E-state index in [1.807, 2.05) is 0 Å². The van der Waals surface area contributed by atoms with Crippen molar-refractivity contribution in [1.82, 2.24) is 4.57 Å². The molecule has 0 N–H and O–H groups in total. The number of nitrogens with zero attached hydrogens (tertiary/aromatic N) is 2. The van der Waals surface area contributed by atoms with E-state index in [0.717, 1.165) is 5.69 Å². The van der Waals surface area contributed by atoms with Gasteiger partial charge in [-0.05, 0) is 93.9 Å². The Hall–Kier alpha value is -6.38. The van der Waals surface area contributed by atoms with Crippen LogP contribution in [-0.4, -0.2) is 4.57 Å². The Morgan fingerprint density at radius 2 is 1.12 bits per heavy atom. The number of hydrogen-bond acceptors (Lipinski definition) is 1. The van der Waals surface area contributed by atoms with Gasteiger partial charge in [0.15, 0.2) is 0 Å². The van der Waals surface area contributed by atoms with Crippen LogP contribution < -0.4 is 4.90 Å². The highest BCUT2D eigenvalue weighted by Gasteiger charge is 2.38. The molecule has 0 unspecified atom stereocenters. The Bertz CT molecular complexity index is 2770. The van der Waals surface area contributed by atoms with Gasteiger partial charge in [-0.15, -0.1) is 0 Å². The summed E-state index contributed by atoms with van der Waals surface area (Å²) in [6.45, 7) is 4.76. The van der Waals surface area contributed by atoms with Crippen molar-refractivity contribution in [3.05, 3.63) is 193 Å². The SMILES string of the molecule is CC1(C)c2ccccc2-c2c(N(c3ccccc3)c3cccc4ccccc34)cc(-c3ccc4c(c3)c3ccccc3n4-c3ccccc3)cc21. The van der Waals surface area contributed by atoms with Gasteiger partial charge >= 0.3 is 0 Å². The van der Waals surface area contributed by atoms with Crippen molar-refractivity contribution in [1.29, 1.82) is 0 Å². The molecule has 0 spiro atoms. The number of para-hydroxylation sites is 3. The first kappa shape index (κ1) is 29.5. The first-order valence-corrected chi connectivity index (χ1v) is 17.8. The molecule has 8 aromatic carbocycles. The lowest BCUT2D eigenvalue weighted by Crippen LogP contribution is -2.16. The lowest BCUT2D eigenvalue weighted by atomic mass is 9.81. The number of aromatic nitrogens is 1. The second-order valence-electron chi connectivity index (χ2n) is 14.2. The molecule has 9 aromatic rings. The number of anilines is 3. The molecule has 2 heteroatoms. The van der Waals surface area contributed by atoms with E-state index >= 15 is 0 Å². The van der Waals surface area contributed by atoms with E-state index in [9.17, 15) is 0 Å². The molecule has 0 fully saturated rings. The summed E-state index contributed by atoms with van der Waals surface area (Å²) in [5, 5.41) is 4.97. The van der Waals surface area contributed by atoms with Gasteiger partial charge in [0.25, 0.3) is 0 Å². The minimum absolute atomic E-state index is 0.175. The van der Waals surface area contributed by atoms with E-state index in [-0.39, 0.29) is 5.41 Å². The van der Waals surface area contributed by atoms with Gasteiger partial charge in [-0.3, -0.25) is 0 Å². The van der Waals surface area contributed by atoms with Gasteiger partial charge < -0.3 is 9.47 Å². The molecule has 1 aliphatic rings. The Morgan fingerprint density at radius 3 is 1.96 bits per heavy atom. The van der Waals surface area contributed by atoms with Gasteiger partial charge in [0.2, 0.25) is 0 Å². The first-order valence-electron chi connectivity index (χ1n) is 17.8. The molecule has 0 saturated carbocycles. The monoisotopic (exact) mass is 652 g/mol. The maximum atomic E-state index is 2.49. The lowest BCUT2D eigenvalue weighted by Gasteiger charge is -2.30. The van der Waals surface area contributed by atoms with Crippen LogP contribution >= 0.6 is 0 Å². The van der Waals surface area contributed by atoms with Crippen molar-refractivity contribution < 1.29 is 0 Å². The fourth-order valence-corrected chi connectivity index (χ4v) is 8.53. The van der Waals surface area contributed by atoms with Crippen molar-refractivity contribution >= 4 is 49.6 Å². The van der Waals surface area contributed by atoms with Crippen molar-refractivity contribution in [3.63, 3.8) is 0 Å².